The summed E-state index contributed by atoms with van der Waals surface area (Å²) in [6, 6.07) is 22.5. The van der Waals surface area contributed by atoms with Gasteiger partial charge in [0.1, 0.15) is 0 Å². The smallest absolute Gasteiger partial charge is 0.0538 e. The molecule has 0 unspecified atom stereocenters. The fraction of sp³-hybridized carbons (Fsp3) is 0.115. The van der Waals surface area contributed by atoms with Gasteiger partial charge in [-0.2, -0.15) is 0 Å². The third-order valence-corrected chi connectivity index (χ3v) is 6.57. The van der Waals surface area contributed by atoms with Crippen LogP contribution < -0.4 is 4.90 Å². The van der Waals surface area contributed by atoms with E-state index in [1.807, 2.05) is 12.4 Å². The van der Waals surface area contributed by atoms with E-state index in [2.05, 4.69) is 70.5 Å². The summed E-state index contributed by atoms with van der Waals surface area (Å²) < 4.78 is 0. The number of hydrogen-bond donors (Lipinski definition) is 0. The molecule has 3 heterocycles. The van der Waals surface area contributed by atoms with Crippen molar-refractivity contribution in [3.63, 3.8) is 0 Å². The lowest BCUT2D eigenvalue weighted by atomic mass is 9.85. The van der Waals surface area contributed by atoms with Crippen molar-refractivity contribution in [2.24, 2.45) is 0 Å². The number of fused-ring (bicyclic) bond motifs is 8. The standard InChI is InChI=1S/C26H18N2/c1-2-7-21-16(4-1)14-23-22(21)9-8-19-12-17-5-3-6-18-13-20-15-27-11-10-24(20)28(25(17)18)26(19)23/h1-11,15H,12-14H2. The first-order valence-electron chi connectivity index (χ1n) is 9.95. The molecule has 2 aliphatic heterocycles. The van der Waals surface area contributed by atoms with E-state index in [-0.39, 0.29) is 0 Å². The van der Waals surface area contributed by atoms with Gasteiger partial charge in [0.2, 0.25) is 0 Å². The first kappa shape index (κ1) is 14.6. The summed E-state index contributed by atoms with van der Waals surface area (Å²) in [4.78, 5) is 6.95. The van der Waals surface area contributed by atoms with Gasteiger partial charge in [0, 0.05) is 31.7 Å². The number of anilines is 3. The van der Waals surface area contributed by atoms with Gasteiger partial charge in [-0.05, 0) is 50.6 Å². The molecule has 132 valence electrons. The third-order valence-electron chi connectivity index (χ3n) is 6.57. The first-order valence-corrected chi connectivity index (χ1v) is 9.95. The van der Waals surface area contributed by atoms with Crippen molar-refractivity contribution in [3.8, 4) is 11.1 Å². The van der Waals surface area contributed by atoms with Crippen LogP contribution in [0, 0.1) is 0 Å². The molecule has 1 aromatic heterocycles. The Morgan fingerprint density at radius 2 is 1.39 bits per heavy atom. The number of para-hydroxylation sites is 1. The van der Waals surface area contributed by atoms with Crippen molar-refractivity contribution >= 4 is 17.1 Å². The second kappa shape index (κ2) is 5.11. The van der Waals surface area contributed by atoms with E-state index in [1.165, 1.54) is 61.6 Å². The van der Waals surface area contributed by atoms with Gasteiger partial charge in [-0.3, -0.25) is 4.98 Å². The average Bonchev–Trinajstić information content (AvgIpc) is 3.12. The van der Waals surface area contributed by atoms with Crippen LogP contribution in [0.25, 0.3) is 11.1 Å². The highest BCUT2D eigenvalue weighted by atomic mass is 15.2. The van der Waals surface area contributed by atoms with Crippen LogP contribution in [-0.4, -0.2) is 4.98 Å². The van der Waals surface area contributed by atoms with E-state index >= 15 is 0 Å². The molecule has 0 saturated carbocycles. The van der Waals surface area contributed by atoms with Gasteiger partial charge in [0.05, 0.1) is 17.1 Å². The van der Waals surface area contributed by atoms with Crippen molar-refractivity contribution in [2.75, 3.05) is 4.90 Å². The fourth-order valence-electron chi connectivity index (χ4n) is 5.42. The second-order valence-electron chi connectivity index (χ2n) is 8.05. The normalized spacial score (nSPS) is 14.6. The molecule has 28 heavy (non-hydrogen) atoms. The Morgan fingerprint density at radius 3 is 2.32 bits per heavy atom. The SMILES string of the molecule is c1ccc2c(c1)Cc1c-2ccc2c1N1c3ccncc3Cc3cccc(c31)C2. The van der Waals surface area contributed by atoms with Crippen molar-refractivity contribution in [1.29, 1.82) is 0 Å². The molecule has 1 aliphatic carbocycles. The lowest BCUT2D eigenvalue weighted by Crippen LogP contribution is -2.25. The summed E-state index contributed by atoms with van der Waals surface area (Å²) in [5.41, 5.74) is 15.4. The molecule has 0 N–H and O–H groups in total. The molecule has 0 spiro atoms. The summed E-state index contributed by atoms with van der Waals surface area (Å²) in [5.74, 6) is 0. The molecule has 3 aliphatic rings. The molecular weight excluding hydrogens is 340 g/mol. The van der Waals surface area contributed by atoms with Gasteiger partial charge in [-0.25, -0.2) is 0 Å². The van der Waals surface area contributed by atoms with Gasteiger partial charge in [0.15, 0.2) is 0 Å². The molecule has 4 aromatic rings. The van der Waals surface area contributed by atoms with E-state index in [9.17, 15) is 0 Å². The Morgan fingerprint density at radius 1 is 0.607 bits per heavy atom. The highest BCUT2D eigenvalue weighted by molar-refractivity contribution is 5.94. The van der Waals surface area contributed by atoms with Crippen LogP contribution in [0.3, 0.4) is 0 Å². The minimum Gasteiger partial charge on any atom is -0.309 e. The van der Waals surface area contributed by atoms with Crippen LogP contribution >= 0.6 is 0 Å². The number of aromatic nitrogens is 1. The topological polar surface area (TPSA) is 16.1 Å². The van der Waals surface area contributed by atoms with Gasteiger partial charge in [0.25, 0.3) is 0 Å². The fourth-order valence-corrected chi connectivity index (χ4v) is 5.42. The van der Waals surface area contributed by atoms with E-state index < -0.39 is 0 Å². The number of benzene rings is 3. The quantitative estimate of drug-likeness (QED) is 0.334. The zero-order chi connectivity index (χ0) is 18.2. The molecule has 2 nitrogen and oxygen atoms in total. The van der Waals surface area contributed by atoms with Crippen LogP contribution in [-0.2, 0) is 19.3 Å². The summed E-state index contributed by atoms with van der Waals surface area (Å²) in [5, 5.41) is 0. The maximum absolute atomic E-state index is 4.41. The second-order valence-corrected chi connectivity index (χ2v) is 8.05. The van der Waals surface area contributed by atoms with Gasteiger partial charge >= 0.3 is 0 Å². The number of rotatable bonds is 0. The number of hydrogen-bond acceptors (Lipinski definition) is 2. The summed E-state index contributed by atoms with van der Waals surface area (Å²) in [7, 11) is 0. The molecule has 0 bridgehead atoms. The molecule has 0 fully saturated rings. The lowest BCUT2D eigenvalue weighted by Gasteiger charge is -2.40. The van der Waals surface area contributed by atoms with Crippen LogP contribution in [0.15, 0.2) is 73.1 Å². The number of pyridine rings is 1. The monoisotopic (exact) mass is 358 g/mol. The predicted octanol–water partition coefficient (Wildman–Crippen LogP) is 5.93. The third kappa shape index (κ3) is 1.75. The minimum atomic E-state index is 0.966. The van der Waals surface area contributed by atoms with Crippen molar-refractivity contribution in [3.05, 3.63) is 106 Å². The lowest BCUT2D eigenvalue weighted by molar-refractivity contribution is 0.991. The maximum atomic E-state index is 4.41. The van der Waals surface area contributed by atoms with Crippen LogP contribution in [0.2, 0.25) is 0 Å². The van der Waals surface area contributed by atoms with E-state index in [0.717, 1.165) is 19.3 Å². The molecule has 0 saturated heterocycles. The maximum Gasteiger partial charge on any atom is 0.0538 e. The Hall–Kier alpha value is -3.39. The van der Waals surface area contributed by atoms with E-state index in [0.29, 0.717) is 0 Å². The molecular formula is C26H18N2. The average molecular weight is 358 g/mol. The zero-order valence-corrected chi connectivity index (χ0v) is 15.4. The highest BCUT2D eigenvalue weighted by Crippen LogP contribution is 2.54. The molecule has 7 rings (SSSR count). The van der Waals surface area contributed by atoms with Gasteiger partial charge < -0.3 is 4.90 Å². The summed E-state index contributed by atoms with van der Waals surface area (Å²) >= 11 is 0. The van der Waals surface area contributed by atoms with E-state index in [1.54, 1.807) is 0 Å². The Labute approximate surface area is 164 Å². The zero-order valence-electron chi connectivity index (χ0n) is 15.4. The van der Waals surface area contributed by atoms with E-state index in [4.69, 9.17) is 0 Å². The molecule has 0 atom stereocenters. The van der Waals surface area contributed by atoms with Gasteiger partial charge in [-0.1, -0.05) is 54.6 Å². The minimum absolute atomic E-state index is 0.966. The van der Waals surface area contributed by atoms with Crippen molar-refractivity contribution in [2.45, 2.75) is 19.3 Å². The van der Waals surface area contributed by atoms with Crippen molar-refractivity contribution < 1.29 is 0 Å². The number of nitrogens with zero attached hydrogens (tertiary/aromatic N) is 2. The molecule has 0 amide bonds. The van der Waals surface area contributed by atoms with Crippen molar-refractivity contribution in [1.82, 2.24) is 4.98 Å². The first-order chi connectivity index (χ1) is 13.9. The summed E-state index contributed by atoms with van der Waals surface area (Å²) in [6.07, 6.45) is 6.96. The molecule has 2 heteroatoms. The Balaban J connectivity index is 1.56. The predicted molar refractivity (Wildman–Crippen MR) is 113 cm³/mol. The Kier molecular flexibility index (Phi) is 2.67. The van der Waals surface area contributed by atoms with Crippen LogP contribution in [0.1, 0.15) is 33.4 Å². The van der Waals surface area contributed by atoms with Gasteiger partial charge in [-0.15, -0.1) is 0 Å². The molecule has 0 radical (unpaired) electrons. The Bertz CT molecular complexity index is 1290. The van der Waals surface area contributed by atoms with Crippen LogP contribution in [0.4, 0.5) is 17.1 Å². The highest BCUT2D eigenvalue weighted by Gasteiger charge is 2.35. The summed E-state index contributed by atoms with van der Waals surface area (Å²) in [6.45, 7) is 0. The van der Waals surface area contributed by atoms with Crippen LogP contribution in [0.5, 0.6) is 0 Å². The molecule has 3 aromatic carbocycles. The largest absolute Gasteiger partial charge is 0.309 e.